The van der Waals surface area contributed by atoms with Gasteiger partial charge in [-0.05, 0) is 31.6 Å². The van der Waals surface area contributed by atoms with E-state index in [0.29, 0.717) is 6.54 Å². The highest BCUT2D eigenvalue weighted by atomic mass is 35.5. The number of piperidine rings is 1. The Balaban J connectivity index is 0.00000120. The molecule has 18 heavy (non-hydrogen) atoms. The Morgan fingerprint density at radius 3 is 2.78 bits per heavy atom. The van der Waals surface area contributed by atoms with E-state index in [-0.39, 0.29) is 48.5 Å². The number of halogens is 1. The molecule has 0 unspecified atom stereocenters. The number of nitrogens with zero attached hydrogens (tertiary/aromatic N) is 2. The Morgan fingerprint density at radius 1 is 1.44 bits per heavy atom. The maximum Gasteiger partial charge on any atom is 0.241 e. The smallest absolute Gasteiger partial charge is 0.241 e. The summed E-state index contributed by atoms with van der Waals surface area (Å²) in [4.78, 5) is 14.1. The van der Waals surface area contributed by atoms with Crippen LogP contribution < -0.4 is 5.32 Å². The van der Waals surface area contributed by atoms with Crippen LogP contribution in [0.25, 0.3) is 0 Å². The second-order valence-corrected chi connectivity index (χ2v) is 5.37. The van der Waals surface area contributed by atoms with Gasteiger partial charge in [-0.3, -0.25) is 4.79 Å². The first kappa shape index (κ1) is 13.6. The molecule has 3 aliphatic rings. The Labute approximate surface area is 113 Å². The maximum absolute atomic E-state index is 12.3. The highest BCUT2D eigenvalue weighted by Gasteiger charge is 2.49. The molecule has 1 amide bonds. The van der Waals surface area contributed by atoms with E-state index in [2.05, 4.69) is 11.4 Å². The van der Waals surface area contributed by atoms with Crippen molar-refractivity contribution in [3.05, 3.63) is 0 Å². The van der Waals surface area contributed by atoms with Crippen LogP contribution in [0, 0.1) is 17.2 Å². The summed E-state index contributed by atoms with van der Waals surface area (Å²) in [6, 6.07) is 1.87. The summed E-state index contributed by atoms with van der Waals surface area (Å²) in [6.45, 7) is 0.704. The molecule has 0 aromatic heterocycles. The van der Waals surface area contributed by atoms with Crippen molar-refractivity contribution in [2.75, 3.05) is 6.54 Å². The van der Waals surface area contributed by atoms with Crippen molar-refractivity contribution in [3.63, 3.8) is 0 Å². The van der Waals surface area contributed by atoms with Crippen molar-refractivity contribution < 1.29 is 9.90 Å². The Hall–Kier alpha value is -0.830. The first-order valence-corrected chi connectivity index (χ1v) is 6.35. The molecule has 3 fully saturated rings. The van der Waals surface area contributed by atoms with Crippen LogP contribution in [0.2, 0.25) is 0 Å². The predicted octanol–water partition coefficient (Wildman–Crippen LogP) is 0.0341. The minimum absolute atomic E-state index is 0. The predicted molar refractivity (Wildman–Crippen MR) is 67.0 cm³/mol. The summed E-state index contributed by atoms with van der Waals surface area (Å²) in [5.74, 6) is 0.316. The fraction of sp³-hybridized carbons (Fsp3) is 0.833. The van der Waals surface area contributed by atoms with Gasteiger partial charge < -0.3 is 15.3 Å². The van der Waals surface area contributed by atoms with E-state index in [9.17, 15) is 9.90 Å². The summed E-state index contributed by atoms with van der Waals surface area (Å²) in [5.41, 5.74) is 0. The van der Waals surface area contributed by atoms with Crippen LogP contribution >= 0.6 is 12.4 Å². The number of nitriles is 1. The third-order valence-corrected chi connectivity index (χ3v) is 4.38. The molecule has 5 atom stereocenters. The minimum Gasteiger partial charge on any atom is -0.391 e. The third-order valence-electron chi connectivity index (χ3n) is 4.38. The van der Waals surface area contributed by atoms with Gasteiger partial charge in [0.05, 0.1) is 18.2 Å². The molecule has 1 saturated carbocycles. The lowest BCUT2D eigenvalue weighted by molar-refractivity contribution is -0.134. The second kappa shape index (κ2) is 5.04. The Kier molecular flexibility index (Phi) is 3.81. The van der Waals surface area contributed by atoms with Gasteiger partial charge in [-0.15, -0.1) is 12.4 Å². The van der Waals surface area contributed by atoms with Crippen molar-refractivity contribution in [1.82, 2.24) is 10.2 Å². The molecule has 2 aliphatic heterocycles. The highest BCUT2D eigenvalue weighted by molar-refractivity contribution is 5.85. The number of hydrogen-bond donors (Lipinski definition) is 2. The van der Waals surface area contributed by atoms with Gasteiger partial charge in [-0.2, -0.15) is 5.26 Å². The number of hydrogen-bond acceptors (Lipinski definition) is 4. The van der Waals surface area contributed by atoms with Gasteiger partial charge in [0.1, 0.15) is 6.04 Å². The highest BCUT2D eigenvalue weighted by Crippen LogP contribution is 2.37. The van der Waals surface area contributed by atoms with E-state index in [4.69, 9.17) is 5.26 Å². The normalized spacial score (nSPS) is 41.6. The zero-order chi connectivity index (χ0) is 12.0. The van der Waals surface area contributed by atoms with E-state index in [1.54, 1.807) is 4.90 Å². The van der Waals surface area contributed by atoms with Crippen molar-refractivity contribution in [2.45, 2.75) is 49.9 Å². The Bertz CT molecular complexity index is 382. The summed E-state index contributed by atoms with van der Waals surface area (Å²) >= 11 is 0. The summed E-state index contributed by atoms with van der Waals surface area (Å²) in [7, 11) is 0. The zero-order valence-corrected chi connectivity index (χ0v) is 10.9. The second-order valence-electron chi connectivity index (χ2n) is 5.37. The molecular formula is C12H18ClN3O2. The molecule has 2 saturated heterocycles. The number of likely N-dealkylation sites (tertiary alicyclic amines) is 1. The molecule has 1 aliphatic carbocycles. The van der Waals surface area contributed by atoms with E-state index in [0.717, 1.165) is 25.7 Å². The lowest BCUT2D eigenvalue weighted by Crippen LogP contribution is -2.53. The standard InChI is InChI=1S/C12H17N3O2.ClH/c13-6-8-2-1-3-15(8)12(17)11-7-4-9(14-11)10(16)5-7;/h7-11,14,16H,1-5H2;1H/t7-,8-,9-,10+,11-;/m0./s1. The fourth-order valence-corrected chi connectivity index (χ4v) is 3.49. The van der Waals surface area contributed by atoms with Gasteiger partial charge in [0.25, 0.3) is 0 Å². The first-order valence-electron chi connectivity index (χ1n) is 6.35. The summed E-state index contributed by atoms with van der Waals surface area (Å²) in [6.07, 6.45) is 3.04. The molecule has 0 spiro atoms. The van der Waals surface area contributed by atoms with Crippen LogP contribution in [0.3, 0.4) is 0 Å². The van der Waals surface area contributed by atoms with Gasteiger partial charge in [0, 0.05) is 12.6 Å². The Morgan fingerprint density at radius 2 is 2.22 bits per heavy atom. The van der Waals surface area contributed by atoms with Crippen LogP contribution in [0.15, 0.2) is 0 Å². The minimum atomic E-state index is -0.297. The molecule has 100 valence electrons. The average molecular weight is 272 g/mol. The van der Waals surface area contributed by atoms with Crippen molar-refractivity contribution in [3.8, 4) is 6.07 Å². The zero-order valence-electron chi connectivity index (χ0n) is 10.1. The summed E-state index contributed by atoms with van der Waals surface area (Å²) < 4.78 is 0. The molecule has 3 rings (SSSR count). The van der Waals surface area contributed by atoms with Crippen LogP contribution in [0.4, 0.5) is 0 Å². The molecule has 0 aromatic carbocycles. The van der Waals surface area contributed by atoms with Crippen molar-refractivity contribution >= 4 is 18.3 Å². The van der Waals surface area contributed by atoms with Crippen LogP contribution in [-0.2, 0) is 4.79 Å². The number of carbonyl (C=O) groups is 1. The number of fused-ring (bicyclic) bond motifs is 2. The summed E-state index contributed by atoms with van der Waals surface area (Å²) in [5, 5.41) is 21.9. The number of carbonyl (C=O) groups excluding carboxylic acids is 1. The molecule has 5 nitrogen and oxygen atoms in total. The van der Waals surface area contributed by atoms with Crippen molar-refractivity contribution in [1.29, 1.82) is 5.26 Å². The number of rotatable bonds is 1. The van der Waals surface area contributed by atoms with E-state index in [1.807, 2.05) is 0 Å². The molecule has 2 bridgehead atoms. The molecule has 2 heterocycles. The lowest BCUT2D eigenvalue weighted by atomic mass is 9.97. The topological polar surface area (TPSA) is 76.4 Å². The van der Waals surface area contributed by atoms with E-state index in [1.165, 1.54) is 0 Å². The largest absolute Gasteiger partial charge is 0.391 e. The molecular weight excluding hydrogens is 254 g/mol. The third kappa shape index (κ3) is 1.99. The molecule has 0 radical (unpaired) electrons. The van der Waals surface area contributed by atoms with E-state index >= 15 is 0 Å². The number of amides is 1. The van der Waals surface area contributed by atoms with Crippen molar-refractivity contribution in [2.24, 2.45) is 5.92 Å². The number of nitrogens with one attached hydrogen (secondary N) is 1. The first-order chi connectivity index (χ1) is 8.20. The average Bonchev–Trinajstić information content (AvgIpc) is 3.01. The van der Waals surface area contributed by atoms with E-state index < -0.39 is 0 Å². The quantitative estimate of drug-likeness (QED) is 0.706. The maximum atomic E-state index is 12.3. The van der Waals surface area contributed by atoms with Crippen LogP contribution in [0.1, 0.15) is 25.7 Å². The molecule has 0 aromatic rings. The van der Waals surface area contributed by atoms with Gasteiger partial charge in [0.2, 0.25) is 5.91 Å². The van der Waals surface area contributed by atoms with Gasteiger partial charge in [-0.1, -0.05) is 0 Å². The van der Waals surface area contributed by atoms with Gasteiger partial charge >= 0.3 is 0 Å². The lowest BCUT2D eigenvalue weighted by Gasteiger charge is -2.30. The monoisotopic (exact) mass is 271 g/mol. The fourth-order valence-electron chi connectivity index (χ4n) is 3.49. The van der Waals surface area contributed by atoms with Gasteiger partial charge in [0.15, 0.2) is 0 Å². The molecule has 6 heteroatoms. The number of aliphatic hydroxyl groups excluding tert-OH is 1. The SMILES string of the molecule is Cl.N#C[C@@H]1CCCN1C(=O)[C@H]1N[C@H]2C[C@H]1C[C@H]2O. The molecule has 2 N–H and O–H groups in total. The van der Waals surface area contributed by atoms with Crippen LogP contribution in [-0.4, -0.2) is 46.7 Å². The number of aliphatic hydroxyl groups is 1. The van der Waals surface area contributed by atoms with Gasteiger partial charge in [-0.25, -0.2) is 0 Å². The van der Waals surface area contributed by atoms with Crippen LogP contribution in [0.5, 0.6) is 0 Å².